The Kier molecular flexibility index (Phi) is 5.24. The quantitative estimate of drug-likeness (QED) is 0.648. The molecule has 0 aliphatic carbocycles. The predicted molar refractivity (Wildman–Crippen MR) is 75.6 cm³/mol. The van der Waals surface area contributed by atoms with Gasteiger partial charge in [0.25, 0.3) is 0 Å². The Labute approximate surface area is 113 Å². The van der Waals surface area contributed by atoms with Gasteiger partial charge in [0, 0.05) is 3.57 Å². The summed E-state index contributed by atoms with van der Waals surface area (Å²) in [6, 6.07) is 4.80. The first-order valence-corrected chi connectivity index (χ1v) is 6.12. The Morgan fingerprint density at radius 3 is 2.94 bits per heavy atom. The van der Waals surface area contributed by atoms with Crippen LogP contribution in [0.3, 0.4) is 0 Å². The fourth-order valence-corrected chi connectivity index (χ4v) is 2.01. The predicted octanol–water partition coefficient (Wildman–Crippen LogP) is 2.79. The molecule has 0 aromatic heterocycles. The van der Waals surface area contributed by atoms with E-state index >= 15 is 0 Å². The number of hydrogen-bond acceptors (Lipinski definition) is 2. The number of carbonyl (C=O) groups is 1. The molecule has 0 heterocycles. The molecule has 16 heavy (non-hydrogen) atoms. The molecular formula is C11H12ClIN2O. The minimum absolute atomic E-state index is 0.261. The minimum atomic E-state index is -0.590. The van der Waals surface area contributed by atoms with Crippen LogP contribution in [-0.2, 0) is 4.79 Å². The van der Waals surface area contributed by atoms with Crippen LogP contribution >= 0.6 is 34.2 Å². The van der Waals surface area contributed by atoms with Gasteiger partial charge in [-0.25, -0.2) is 0 Å². The van der Waals surface area contributed by atoms with Gasteiger partial charge in [-0.3, -0.25) is 4.79 Å². The summed E-state index contributed by atoms with van der Waals surface area (Å²) < 4.78 is 1.01. The van der Waals surface area contributed by atoms with Gasteiger partial charge < -0.3 is 11.1 Å². The average molecular weight is 351 g/mol. The average Bonchev–Trinajstić information content (AvgIpc) is 2.22. The fourth-order valence-electron chi connectivity index (χ4n) is 1.10. The Hall–Kier alpha value is -0.590. The molecule has 0 aliphatic heterocycles. The Morgan fingerprint density at radius 1 is 1.69 bits per heavy atom. The van der Waals surface area contributed by atoms with Gasteiger partial charge in [0.15, 0.2) is 0 Å². The highest BCUT2D eigenvalue weighted by Gasteiger charge is 2.13. The number of nitrogens with one attached hydrogen (secondary N) is 1. The summed E-state index contributed by atoms with van der Waals surface area (Å²) in [6.45, 7) is 3.53. The topological polar surface area (TPSA) is 55.1 Å². The zero-order valence-electron chi connectivity index (χ0n) is 8.54. The molecule has 0 saturated heterocycles. The molecule has 1 amide bonds. The number of rotatable bonds is 4. The molecule has 3 N–H and O–H groups in total. The van der Waals surface area contributed by atoms with E-state index in [-0.39, 0.29) is 5.91 Å². The van der Waals surface area contributed by atoms with Crippen molar-refractivity contribution < 1.29 is 4.79 Å². The van der Waals surface area contributed by atoms with Crippen LogP contribution in [0.1, 0.15) is 6.42 Å². The molecule has 1 unspecified atom stereocenters. The Balaban J connectivity index is 2.73. The van der Waals surface area contributed by atoms with Crippen LogP contribution in [0.2, 0.25) is 5.02 Å². The van der Waals surface area contributed by atoms with Crippen LogP contribution in [0, 0.1) is 3.57 Å². The van der Waals surface area contributed by atoms with Gasteiger partial charge in [0.1, 0.15) is 0 Å². The van der Waals surface area contributed by atoms with E-state index in [4.69, 9.17) is 17.3 Å². The molecule has 1 rings (SSSR count). The largest absolute Gasteiger partial charge is 0.323 e. The second-order valence-corrected chi connectivity index (χ2v) is 4.90. The van der Waals surface area contributed by atoms with Crippen molar-refractivity contribution in [3.8, 4) is 0 Å². The number of nitrogens with two attached hydrogens (primary N) is 1. The van der Waals surface area contributed by atoms with Gasteiger partial charge in [-0.15, -0.1) is 6.58 Å². The standard InChI is InChI=1S/C11H12ClIN2O/c1-2-3-9(14)11(16)15-10-5-4-7(13)6-8(10)12/h2,4-6,9H,1,3,14H2,(H,15,16). The van der Waals surface area contributed by atoms with Gasteiger partial charge >= 0.3 is 0 Å². The SMILES string of the molecule is C=CCC(N)C(=O)Nc1ccc(I)cc1Cl. The van der Waals surface area contributed by atoms with Crippen molar-refractivity contribution in [2.24, 2.45) is 5.73 Å². The summed E-state index contributed by atoms with van der Waals surface area (Å²) in [7, 11) is 0. The van der Waals surface area contributed by atoms with Crippen LogP contribution < -0.4 is 11.1 Å². The van der Waals surface area contributed by atoms with E-state index in [1.807, 2.05) is 6.07 Å². The molecule has 0 radical (unpaired) electrons. The second-order valence-electron chi connectivity index (χ2n) is 3.24. The van der Waals surface area contributed by atoms with Crippen molar-refractivity contribution in [3.05, 3.63) is 39.4 Å². The van der Waals surface area contributed by atoms with Crippen LogP contribution in [0.15, 0.2) is 30.9 Å². The number of halogens is 2. The van der Waals surface area contributed by atoms with Gasteiger partial charge in [-0.05, 0) is 47.2 Å². The van der Waals surface area contributed by atoms with Crippen LogP contribution in [0.5, 0.6) is 0 Å². The van der Waals surface area contributed by atoms with Gasteiger partial charge in [-0.1, -0.05) is 17.7 Å². The van der Waals surface area contributed by atoms with E-state index in [1.54, 1.807) is 18.2 Å². The fraction of sp³-hybridized carbons (Fsp3) is 0.182. The summed E-state index contributed by atoms with van der Waals surface area (Å²) in [5.74, 6) is -0.261. The molecule has 0 aliphatic rings. The zero-order valence-corrected chi connectivity index (χ0v) is 11.5. The lowest BCUT2D eigenvalue weighted by atomic mass is 10.2. The zero-order chi connectivity index (χ0) is 12.1. The molecule has 1 aromatic carbocycles. The number of carbonyl (C=O) groups excluding carboxylic acids is 1. The normalized spacial score (nSPS) is 11.9. The van der Waals surface area contributed by atoms with Crippen molar-refractivity contribution in [2.75, 3.05) is 5.32 Å². The Morgan fingerprint density at radius 2 is 2.38 bits per heavy atom. The maximum Gasteiger partial charge on any atom is 0.241 e. The van der Waals surface area contributed by atoms with E-state index in [1.165, 1.54) is 0 Å². The van der Waals surface area contributed by atoms with Crippen LogP contribution in [0.4, 0.5) is 5.69 Å². The first kappa shape index (κ1) is 13.5. The summed E-state index contributed by atoms with van der Waals surface area (Å²) in [5.41, 5.74) is 6.20. The van der Waals surface area contributed by atoms with Gasteiger partial charge in [0.2, 0.25) is 5.91 Å². The number of anilines is 1. The summed E-state index contributed by atoms with van der Waals surface area (Å²) in [5, 5.41) is 3.18. The van der Waals surface area contributed by atoms with Crippen molar-refractivity contribution in [1.29, 1.82) is 0 Å². The summed E-state index contributed by atoms with van der Waals surface area (Å²) in [4.78, 5) is 11.6. The molecule has 1 aromatic rings. The smallest absolute Gasteiger partial charge is 0.241 e. The molecule has 86 valence electrons. The van der Waals surface area contributed by atoms with E-state index in [9.17, 15) is 4.79 Å². The third-order valence-corrected chi connectivity index (χ3v) is 2.93. The van der Waals surface area contributed by atoms with Crippen LogP contribution in [0.25, 0.3) is 0 Å². The van der Waals surface area contributed by atoms with E-state index < -0.39 is 6.04 Å². The lowest BCUT2D eigenvalue weighted by Gasteiger charge is -2.11. The first-order valence-electron chi connectivity index (χ1n) is 4.67. The highest BCUT2D eigenvalue weighted by Crippen LogP contribution is 2.23. The molecule has 1 atom stereocenters. The molecule has 0 bridgehead atoms. The molecule has 3 nitrogen and oxygen atoms in total. The van der Waals surface area contributed by atoms with E-state index in [0.717, 1.165) is 3.57 Å². The third-order valence-electron chi connectivity index (χ3n) is 1.95. The minimum Gasteiger partial charge on any atom is -0.323 e. The van der Waals surface area contributed by atoms with Gasteiger partial charge in [0.05, 0.1) is 16.8 Å². The van der Waals surface area contributed by atoms with Crippen molar-refractivity contribution in [1.82, 2.24) is 0 Å². The van der Waals surface area contributed by atoms with E-state index in [2.05, 4.69) is 34.5 Å². The van der Waals surface area contributed by atoms with E-state index in [0.29, 0.717) is 17.1 Å². The van der Waals surface area contributed by atoms with Crippen molar-refractivity contribution in [3.63, 3.8) is 0 Å². The lowest BCUT2D eigenvalue weighted by molar-refractivity contribution is -0.117. The molecular weight excluding hydrogens is 338 g/mol. The molecule has 0 fully saturated rings. The first-order chi connectivity index (χ1) is 7.54. The van der Waals surface area contributed by atoms with Crippen molar-refractivity contribution >= 4 is 45.8 Å². The van der Waals surface area contributed by atoms with Crippen LogP contribution in [-0.4, -0.2) is 11.9 Å². The van der Waals surface area contributed by atoms with Gasteiger partial charge in [-0.2, -0.15) is 0 Å². The number of benzene rings is 1. The third kappa shape index (κ3) is 3.77. The second kappa shape index (κ2) is 6.22. The Bertz CT molecular complexity index is 409. The monoisotopic (exact) mass is 350 g/mol. The number of hydrogen-bond donors (Lipinski definition) is 2. The maximum atomic E-state index is 11.6. The summed E-state index contributed by atoms with van der Waals surface area (Å²) >= 11 is 8.12. The highest BCUT2D eigenvalue weighted by atomic mass is 127. The molecule has 0 saturated carbocycles. The number of amides is 1. The highest BCUT2D eigenvalue weighted by molar-refractivity contribution is 14.1. The molecule has 5 heteroatoms. The maximum absolute atomic E-state index is 11.6. The lowest BCUT2D eigenvalue weighted by Crippen LogP contribution is -2.35. The molecule has 0 spiro atoms. The van der Waals surface area contributed by atoms with Crippen molar-refractivity contribution in [2.45, 2.75) is 12.5 Å². The summed E-state index contributed by atoms with van der Waals surface area (Å²) in [6.07, 6.45) is 2.05.